The number of methoxy groups -OCH3 is 1. The zero-order valence-corrected chi connectivity index (χ0v) is 14.7. The van der Waals surface area contributed by atoms with Crippen molar-refractivity contribution in [2.24, 2.45) is 0 Å². The predicted octanol–water partition coefficient (Wildman–Crippen LogP) is 2.43. The van der Waals surface area contributed by atoms with Crippen molar-refractivity contribution < 1.29 is 9.84 Å². The topological polar surface area (TPSA) is 103 Å². The third-order valence-electron chi connectivity index (χ3n) is 5.24. The molecule has 1 aromatic rings. The Labute approximate surface area is 148 Å². The normalized spacial score (nSPS) is 29.6. The van der Waals surface area contributed by atoms with Crippen LogP contribution in [0.15, 0.2) is 6.20 Å². The third-order valence-corrected chi connectivity index (χ3v) is 5.24. The molecule has 7 heteroatoms. The Balaban J connectivity index is 1.64. The molecule has 0 bridgehead atoms. The number of anilines is 2. The van der Waals surface area contributed by atoms with Crippen molar-refractivity contribution >= 4 is 11.8 Å². The molecular formula is C18H27N5O2. The Kier molecular flexibility index (Phi) is 6.05. The average Bonchev–Trinajstić information content (AvgIpc) is 2.63. The van der Waals surface area contributed by atoms with Crippen LogP contribution in [-0.2, 0) is 4.74 Å². The SMILES string of the molecule is COC1CCC(Nc2ncc(C#N)c(N[C@@H]3CCCC(O)C3)n2)CC1. The minimum absolute atomic E-state index is 0.149. The third kappa shape index (κ3) is 4.80. The lowest BCUT2D eigenvalue weighted by atomic mass is 9.93. The molecule has 0 aliphatic heterocycles. The van der Waals surface area contributed by atoms with Crippen LogP contribution < -0.4 is 10.6 Å². The van der Waals surface area contributed by atoms with Gasteiger partial charge in [0, 0.05) is 19.2 Å². The van der Waals surface area contributed by atoms with Gasteiger partial charge in [-0.2, -0.15) is 10.2 Å². The monoisotopic (exact) mass is 345 g/mol. The molecule has 0 aromatic carbocycles. The maximum Gasteiger partial charge on any atom is 0.224 e. The minimum atomic E-state index is -0.271. The maximum absolute atomic E-state index is 9.84. The summed E-state index contributed by atoms with van der Waals surface area (Å²) in [5, 5.41) is 25.9. The molecule has 0 radical (unpaired) electrons. The Morgan fingerprint density at radius 2 is 1.96 bits per heavy atom. The van der Waals surface area contributed by atoms with Gasteiger partial charge in [0.2, 0.25) is 5.95 Å². The first-order valence-electron chi connectivity index (χ1n) is 9.19. The van der Waals surface area contributed by atoms with Gasteiger partial charge in [0.25, 0.3) is 0 Å². The Morgan fingerprint density at radius 1 is 1.16 bits per heavy atom. The molecule has 2 aliphatic carbocycles. The number of nitrogens with zero attached hydrogens (tertiary/aromatic N) is 3. The smallest absolute Gasteiger partial charge is 0.224 e. The maximum atomic E-state index is 9.84. The van der Waals surface area contributed by atoms with E-state index >= 15 is 0 Å². The van der Waals surface area contributed by atoms with E-state index in [-0.39, 0.29) is 12.1 Å². The first-order chi connectivity index (χ1) is 12.2. The number of ether oxygens (including phenoxy) is 1. The fraction of sp³-hybridized carbons (Fsp3) is 0.722. The van der Waals surface area contributed by atoms with Crippen LogP contribution in [0.3, 0.4) is 0 Å². The number of aromatic nitrogens is 2. The number of hydrogen-bond donors (Lipinski definition) is 3. The van der Waals surface area contributed by atoms with Gasteiger partial charge in [-0.25, -0.2) is 4.98 Å². The highest BCUT2D eigenvalue weighted by atomic mass is 16.5. The number of hydrogen-bond acceptors (Lipinski definition) is 7. The summed E-state index contributed by atoms with van der Waals surface area (Å²) in [6.45, 7) is 0. The van der Waals surface area contributed by atoms with Crippen LogP contribution in [0.1, 0.15) is 56.9 Å². The summed E-state index contributed by atoms with van der Waals surface area (Å²) in [5.74, 6) is 1.11. The molecule has 1 unspecified atom stereocenters. The van der Waals surface area contributed by atoms with Crippen molar-refractivity contribution in [3.8, 4) is 6.07 Å². The van der Waals surface area contributed by atoms with Crippen molar-refractivity contribution in [1.29, 1.82) is 5.26 Å². The van der Waals surface area contributed by atoms with Crippen molar-refractivity contribution in [2.75, 3.05) is 17.7 Å². The van der Waals surface area contributed by atoms with Gasteiger partial charge in [0.15, 0.2) is 0 Å². The summed E-state index contributed by atoms with van der Waals surface area (Å²) in [7, 11) is 1.77. The highest BCUT2D eigenvalue weighted by Crippen LogP contribution is 2.25. The molecule has 2 fully saturated rings. The molecule has 2 saturated carbocycles. The molecule has 3 rings (SSSR count). The largest absolute Gasteiger partial charge is 0.393 e. The highest BCUT2D eigenvalue weighted by molar-refractivity contribution is 5.54. The number of aliphatic hydroxyl groups excluding tert-OH is 1. The van der Waals surface area contributed by atoms with Gasteiger partial charge in [-0.3, -0.25) is 0 Å². The van der Waals surface area contributed by atoms with Crippen molar-refractivity contribution in [3.05, 3.63) is 11.8 Å². The fourth-order valence-corrected chi connectivity index (χ4v) is 3.76. The van der Waals surface area contributed by atoms with Gasteiger partial charge < -0.3 is 20.5 Å². The van der Waals surface area contributed by atoms with E-state index in [1.165, 1.54) is 0 Å². The summed E-state index contributed by atoms with van der Waals surface area (Å²) >= 11 is 0. The van der Waals surface area contributed by atoms with Crippen LogP contribution in [-0.4, -0.2) is 46.5 Å². The number of nitrogens with one attached hydrogen (secondary N) is 2. The lowest BCUT2D eigenvalue weighted by Crippen LogP contribution is -2.31. The van der Waals surface area contributed by atoms with Crippen molar-refractivity contribution in [2.45, 2.75) is 75.7 Å². The van der Waals surface area contributed by atoms with E-state index in [0.717, 1.165) is 44.9 Å². The van der Waals surface area contributed by atoms with Crippen molar-refractivity contribution in [1.82, 2.24) is 9.97 Å². The molecule has 2 aliphatic rings. The van der Waals surface area contributed by atoms with E-state index in [1.54, 1.807) is 13.3 Å². The summed E-state index contributed by atoms with van der Waals surface area (Å²) in [5.41, 5.74) is 0.439. The average molecular weight is 345 g/mol. The van der Waals surface area contributed by atoms with Gasteiger partial charge in [-0.05, 0) is 51.4 Å². The number of nitriles is 1. The summed E-state index contributed by atoms with van der Waals surface area (Å²) in [4.78, 5) is 8.81. The van der Waals surface area contributed by atoms with Crippen LogP contribution in [0.2, 0.25) is 0 Å². The molecule has 136 valence electrons. The minimum Gasteiger partial charge on any atom is -0.393 e. The zero-order valence-electron chi connectivity index (χ0n) is 14.7. The highest BCUT2D eigenvalue weighted by Gasteiger charge is 2.23. The molecule has 7 nitrogen and oxygen atoms in total. The lowest BCUT2D eigenvalue weighted by Gasteiger charge is -2.29. The fourth-order valence-electron chi connectivity index (χ4n) is 3.76. The molecule has 25 heavy (non-hydrogen) atoms. The van der Waals surface area contributed by atoms with Crippen LogP contribution in [0.25, 0.3) is 0 Å². The van der Waals surface area contributed by atoms with E-state index < -0.39 is 0 Å². The van der Waals surface area contributed by atoms with Crippen LogP contribution in [0.4, 0.5) is 11.8 Å². The van der Waals surface area contributed by atoms with Gasteiger partial charge in [0.1, 0.15) is 17.5 Å². The molecule has 1 heterocycles. The van der Waals surface area contributed by atoms with E-state index in [9.17, 15) is 10.4 Å². The Morgan fingerprint density at radius 3 is 2.64 bits per heavy atom. The molecule has 3 N–H and O–H groups in total. The molecular weight excluding hydrogens is 318 g/mol. The van der Waals surface area contributed by atoms with E-state index in [0.29, 0.717) is 35.9 Å². The number of rotatable bonds is 5. The first kappa shape index (κ1) is 17.9. The van der Waals surface area contributed by atoms with Crippen LogP contribution >= 0.6 is 0 Å². The van der Waals surface area contributed by atoms with E-state index in [4.69, 9.17) is 4.74 Å². The molecule has 0 saturated heterocycles. The van der Waals surface area contributed by atoms with Gasteiger partial charge in [-0.1, -0.05) is 0 Å². The van der Waals surface area contributed by atoms with Crippen LogP contribution in [0, 0.1) is 11.3 Å². The first-order valence-corrected chi connectivity index (χ1v) is 9.19. The van der Waals surface area contributed by atoms with Gasteiger partial charge >= 0.3 is 0 Å². The van der Waals surface area contributed by atoms with Gasteiger partial charge in [0.05, 0.1) is 18.4 Å². The summed E-state index contributed by atoms with van der Waals surface area (Å²) in [6.07, 6.45) is 9.29. The van der Waals surface area contributed by atoms with E-state index in [2.05, 4.69) is 26.7 Å². The lowest BCUT2D eigenvalue weighted by molar-refractivity contribution is 0.0681. The molecule has 0 spiro atoms. The zero-order chi connectivity index (χ0) is 17.6. The standard InChI is InChI=1S/C18H27N5O2/c1-25-16-7-5-13(6-8-16)22-18-20-11-12(10-19)17(23-18)21-14-3-2-4-15(24)9-14/h11,13-16,24H,2-9H2,1H3,(H2,20,21,22,23)/t13?,14-,15?,16?/m1/s1. The quantitative estimate of drug-likeness (QED) is 0.753. The van der Waals surface area contributed by atoms with Crippen molar-refractivity contribution in [3.63, 3.8) is 0 Å². The number of aliphatic hydroxyl groups is 1. The second-order valence-corrected chi connectivity index (χ2v) is 7.08. The Bertz CT molecular complexity index is 610. The second-order valence-electron chi connectivity index (χ2n) is 7.08. The Hall–Kier alpha value is -1.91. The molecule has 1 aromatic heterocycles. The summed E-state index contributed by atoms with van der Waals surface area (Å²) < 4.78 is 5.41. The van der Waals surface area contributed by atoms with Crippen LogP contribution in [0.5, 0.6) is 0 Å². The van der Waals surface area contributed by atoms with Gasteiger partial charge in [-0.15, -0.1) is 0 Å². The molecule has 0 amide bonds. The predicted molar refractivity (Wildman–Crippen MR) is 95.3 cm³/mol. The summed E-state index contributed by atoms with van der Waals surface area (Å²) in [6, 6.07) is 2.63. The second kappa shape index (κ2) is 8.45. The molecule has 2 atom stereocenters. The van der Waals surface area contributed by atoms with E-state index in [1.807, 2.05) is 0 Å².